The molecular weight excluding hydrogens is 338 g/mol. The van der Waals surface area contributed by atoms with Crippen molar-refractivity contribution in [1.82, 2.24) is 10.6 Å². The lowest BCUT2D eigenvalue weighted by molar-refractivity contribution is -0.150. The van der Waals surface area contributed by atoms with Gasteiger partial charge in [0, 0.05) is 6.54 Å². The monoisotopic (exact) mass is 365 g/mol. The van der Waals surface area contributed by atoms with Crippen molar-refractivity contribution < 1.29 is 23.9 Å². The van der Waals surface area contributed by atoms with E-state index in [1.165, 1.54) is 0 Å². The molecule has 0 aliphatic rings. The first-order valence-corrected chi connectivity index (χ1v) is 8.44. The molecule has 0 aromatic heterocycles. The number of hydrogen-bond donors (Lipinski definition) is 3. The molecule has 8 heteroatoms. The molecule has 0 fully saturated rings. The number of methoxy groups -OCH3 is 1. The van der Waals surface area contributed by atoms with Crippen molar-refractivity contribution in [3.05, 3.63) is 29.8 Å². The Morgan fingerprint density at radius 1 is 1.15 bits per heavy atom. The van der Waals surface area contributed by atoms with Crippen LogP contribution >= 0.6 is 0 Å². The molecule has 0 aliphatic carbocycles. The topological polar surface area (TPSA) is 120 Å². The summed E-state index contributed by atoms with van der Waals surface area (Å²) in [6, 6.07) is 5.85. The Balaban J connectivity index is 2.34. The molecule has 0 saturated heterocycles. The van der Waals surface area contributed by atoms with Crippen LogP contribution in [-0.2, 0) is 20.7 Å². The van der Waals surface area contributed by atoms with Crippen LogP contribution in [0, 0.1) is 5.92 Å². The van der Waals surface area contributed by atoms with Crippen molar-refractivity contribution in [2.24, 2.45) is 11.7 Å². The summed E-state index contributed by atoms with van der Waals surface area (Å²) in [4.78, 5) is 34.7. The first kappa shape index (κ1) is 21.3. The smallest absolute Gasteiger partial charge is 0.329 e. The van der Waals surface area contributed by atoms with Crippen LogP contribution in [0.5, 0.6) is 5.75 Å². The number of carbonyl (C=O) groups excluding carboxylic acids is 3. The van der Waals surface area contributed by atoms with Crippen LogP contribution in [0.15, 0.2) is 24.3 Å². The van der Waals surface area contributed by atoms with Crippen LogP contribution in [0.1, 0.15) is 25.8 Å². The number of rotatable bonds is 10. The van der Waals surface area contributed by atoms with E-state index < -0.39 is 30.6 Å². The van der Waals surface area contributed by atoms with Crippen LogP contribution in [0.2, 0.25) is 0 Å². The third-order valence-electron chi connectivity index (χ3n) is 3.55. The highest BCUT2D eigenvalue weighted by Crippen LogP contribution is 2.11. The van der Waals surface area contributed by atoms with Gasteiger partial charge in [0.1, 0.15) is 11.8 Å². The standard InChI is InChI=1S/C18H27N3O5/c1-12(2)10-15(21-18(19)24)17(23)26-11-16(22)20-9-8-13-4-6-14(25-3)7-5-13/h4-7,12,15H,8-11H2,1-3H3,(H,20,22)(H3,19,21,24). The third-order valence-corrected chi connectivity index (χ3v) is 3.55. The number of nitrogens with two attached hydrogens (primary N) is 1. The van der Waals surface area contributed by atoms with E-state index in [1.807, 2.05) is 38.1 Å². The normalized spacial score (nSPS) is 11.5. The molecule has 0 heterocycles. The lowest BCUT2D eigenvalue weighted by Crippen LogP contribution is -2.46. The van der Waals surface area contributed by atoms with E-state index in [9.17, 15) is 14.4 Å². The van der Waals surface area contributed by atoms with Crippen LogP contribution in [0.4, 0.5) is 4.79 Å². The molecule has 0 bridgehead atoms. The van der Waals surface area contributed by atoms with Crippen LogP contribution in [-0.4, -0.2) is 44.2 Å². The largest absolute Gasteiger partial charge is 0.497 e. The van der Waals surface area contributed by atoms with Gasteiger partial charge in [-0.2, -0.15) is 0 Å². The molecule has 0 spiro atoms. The maximum Gasteiger partial charge on any atom is 0.329 e. The first-order valence-electron chi connectivity index (χ1n) is 8.44. The zero-order chi connectivity index (χ0) is 19.5. The molecular formula is C18H27N3O5. The molecule has 4 N–H and O–H groups in total. The van der Waals surface area contributed by atoms with E-state index in [1.54, 1.807) is 7.11 Å². The second kappa shape index (κ2) is 11.0. The molecule has 0 radical (unpaired) electrons. The van der Waals surface area contributed by atoms with Crippen molar-refractivity contribution in [2.75, 3.05) is 20.3 Å². The fourth-order valence-electron chi connectivity index (χ4n) is 2.28. The molecule has 1 aromatic carbocycles. The van der Waals surface area contributed by atoms with Crippen molar-refractivity contribution in [2.45, 2.75) is 32.7 Å². The van der Waals surface area contributed by atoms with Gasteiger partial charge in [0.15, 0.2) is 6.61 Å². The summed E-state index contributed by atoms with van der Waals surface area (Å²) in [6.45, 7) is 3.80. The van der Waals surface area contributed by atoms with Crippen molar-refractivity contribution in [3.63, 3.8) is 0 Å². The molecule has 1 unspecified atom stereocenters. The van der Waals surface area contributed by atoms with Crippen molar-refractivity contribution >= 4 is 17.9 Å². The molecule has 0 saturated carbocycles. The van der Waals surface area contributed by atoms with Gasteiger partial charge in [0.2, 0.25) is 0 Å². The SMILES string of the molecule is COc1ccc(CCNC(=O)COC(=O)C(CC(C)C)NC(N)=O)cc1. The third kappa shape index (κ3) is 8.36. The van der Waals surface area contributed by atoms with Gasteiger partial charge in [-0.15, -0.1) is 0 Å². The van der Waals surface area contributed by atoms with Crippen molar-refractivity contribution in [3.8, 4) is 5.75 Å². The predicted molar refractivity (Wildman–Crippen MR) is 96.6 cm³/mol. The molecule has 1 aromatic rings. The molecule has 0 aliphatic heterocycles. The number of esters is 1. The number of primary amides is 1. The highest BCUT2D eigenvalue weighted by Gasteiger charge is 2.23. The van der Waals surface area contributed by atoms with Crippen molar-refractivity contribution in [1.29, 1.82) is 0 Å². The van der Waals surface area contributed by atoms with Crippen LogP contribution < -0.4 is 21.1 Å². The Morgan fingerprint density at radius 3 is 2.35 bits per heavy atom. The summed E-state index contributed by atoms with van der Waals surface area (Å²) < 4.78 is 10.0. The molecule has 3 amide bonds. The Morgan fingerprint density at radius 2 is 1.81 bits per heavy atom. The van der Waals surface area contributed by atoms with Gasteiger partial charge in [-0.1, -0.05) is 26.0 Å². The van der Waals surface area contributed by atoms with Crippen LogP contribution in [0.25, 0.3) is 0 Å². The molecule has 26 heavy (non-hydrogen) atoms. The Bertz CT molecular complexity index is 601. The quantitative estimate of drug-likeness (QED) is 0.534. The minimum absolute atomic E-state index is 0.151. The van der Waals surface area contributed by atoms with Gasteiger partial charge >= 0.3 is 12.0 Å². The number of urea groups is 1. The highest BCUT2D eigenvalue weighted by atomic mass is 16.5. The van der Waals surface area contributed by atoms with E-state index in [0.29, 0.717) is 19.4 Å². The lowest BCUT2D eigenvalue weighted by atomic mass is 10.0. The van der Waals surface area contributed by atoms with E-state index >= 15 is 0 Å². The lowest BCUT2D eigenvalue weighted by Gasteiger charge is -2.18. The fraction of sp³-hybridized carbons (Fsp3) is 0.500. The maximum absolute atomic E-state index is 12.0. The molecule has 1 rings (SSSR count). The highest BCUT2D eigenvalue weighted by molar-refractivity contribution is 5.85. The maximum atomic E-state index is 12.0. The Hall–Kier alpha value is -2.77. The summed E-state index contributed by atoms with van der Waals surface area (Å²) in [6.07, 6.45) is 1.02. The second-order valence-corrected chi connectivity index (χ2v) is 6.25. The number of nitrogens with one attached hydrogen (secondary N) is 2. The summed E-state index contributed by atoms with van der Waals surface area (Å²) in [5, 5.41) is 5.01. The average molecular weight is 365 g/mol. The zero-order valence-corrected chi connectivity index (χ0v) is 15.4. The van der Waals surface area contributed by atoms with E-state index in [0.717, 1.165) is 11.3 Å². The number of carbonyl (C=O) groups is 3. The van der Waals surface area contributed by atoms with Gasteiger partial charge in [-0.25, -0.2) is 9.59 Å². The van der Waals surface area contributed by atoms with Gasteiger partial charge < -0.3 is 25.8 Å². The first-order chi connectivity index (χ1) is 12.3. The Labute approximate surface area is 153 Å². The predicted octanol–water partition coefficient (Wildman–Crippen LogP) is 0.980. The van der Waals surface area contributed by atoms with Gasteiger partial charge in [-0.3, -0.25) is 4.79 Å². The molecule has 1 atom stereocenters. The van der Waals surface area contributed by atoms with E-state index in [-0.39, 0.29) is 5.92 Å². The summed E-state index contributed by atoms with van der Waals surface area (Å²) >= 11 is 0. The minimum Gasteiger partial charge on any atom is -0.497 e. The number of hydrogen-bond acceptors (Lipinski definition) is 5. The van der Waals surface area contributed by atoms with Crippen LogP contribution in [0.3, 0.4) is 0 Å². The van der Waals surface area contributed by atoms with Gasteiger partial charge in [0.05, 0.1) is 7.11 Å². The summed E-state index contributed by atoms with van der Waals surface area (Å²) in [5.74, 6) is -0.167. The van der Waals surface area contributed by atoms with E-state index in [4.69, 9.17) is 15.2 Å². The number of amides is 3. The number of benzene rings is 1. The van der Waals surface area contributed by atoms with E-state index in [2.05, 4.69) is 10.6 Å². The number of ether oxygens (including phenoxy) is 2. The zero-order valence-electron chi connectivity index (χ0n) is 15.4. The Kier molecular flexibility index (Phi) is 8.97. The summed E-state index contributed by atoms with van der Waals surface area (Å²) in [5.41, 5.74) is 6.10. The minimum atomic E-state index is -0.861. The summed E-state index contributed by atoms with van der Waals surface area (Å²) in [7, 11) is 1.60. The average Bonchev–Trinajstić information content (AvgIpc) is 2.59. The second-order valence-electron chi connectivity index (χ2n) is 6.25. The fourth-order valence-corrected chi connectivity index (χ4v) is 2.28. The van der Waals surface area contributed by atoms with Gasteiger partial charge in [-0.05, 0) is 36.5 Å². The molecule has 8 nitrogen and oxygen atoms in total. The van der Waals surface area contributed by atoms with Gasteiger partial charge in [0.25, 0.3) is 5.91 Å². The molecule has 144 valence electrons.